The van der Waals surface area contributed by atoms with Gasteiger partial charge in [-0.1, -0.05) is 86.9 Å². The van der Waals surface area contributed by atoms with Gasteiger partial charge in [-0.2, -0.15) is 0 Å². The van der Waals surface area contributed by atoms with Crippen LogP contribution in [0.4, 0.5) is 10.5 Å². The van der Waals surface area contributed by atoms with E-state index >= 15 is 0 Å². The molecule has 0 aliphatic heterocycles. The van der Waals surface area contributed by atoms with Crippen LogP contribution in [0.1, 0.15) is 44.1 Å². The molecule has 6 heteroatoms. The number of anilines is 1. The SMILES string of the molecule is CCC.[CH2-][C@H](C)OC(=O)Nc1c(-c2ccc(Cc3ccccc3)cc2)noc1C.[Y]. The van der Waals surface area contributed by atoms with Crippen molar-refractivity contribution >= 4 is 11.8 Å². The van der Waals surface area contributed by atoms with Crippen LogP contribution in [0.25, 0.3) is 11.3 Å². The summed E-state index contributed by atoms with van der Waals surface area (Å²) in [6.07, 6.45) is 1.08. The van der Waals surface area contributed by atoms with Gasteiger partial charge in [-0.3, -0.25) is 5.32 Å². The Bertz CT molecular complexity index is 891. The van der Waals surface area contributed by atoms with Gasteiger partial charge in [-0.05, 0) is 30.6 Å². The van der Waals surface area contributed by atoms with Crippen molar-refractivity contribution in [2.24, 2.45) is 0 Å². The molecular formula is C24H29N2O3Y-. The van der Waals surface area contributed by atoms with Crippen molar-refractivity contribution in [2.75, 3.05) is 5.32 Å². The second kappa shape index (κ2) is 13.4. The number of hydrogen-bond acceptors (Lipinski definition) is 4. The maximum absolute atomic E-state index is 11.9. The Hall–Kier alpha value is -1.98. The summed E-state index contributed by atoms with van der Waals surface area (Å²) in [5.74, 6) is 0.516. The average molecular weight is 482 g/mol. The number of rotatable bonds is 5. The van der Waals surface area contributed by atoms with E-state index < -0.39 is 12.2 Å². The summed E-state index contributed by atoms with van der Waals surface area (Å²) in [6.45, 7) is 11.3. The molecule has 0 bridgehead atoms. The van der Waals surface area contributed by atoms with Gasteiger partial charge in [0.1, 0.15) is 11.4 Å². The summed E-state index contributed by atoms with van der Waals surface area (Å²) in [4.78, 5) is 11.9. The van der Waals surface area contributed by atoms with Crippen LogP contribution in [0.2, 0.25) is 0 Å². The van der Waals surface area contributed by atoms with Crippen molar-refractivity contribution in [1.29, 1.82) is 0 Å². The molecule has 1 heterocycles. The zero-order valence-corrected chi connectivity index (χ0v) is 21.0. The van der Waals surface area contributed by atoms with Gasteiger partial charge in [-0.25, -0.2) is 4.79 Å². The van der Waals surface area contributed by atoms with Crippen molar-refractivity contribution in [3.63, 3.8) is 0 Å². The van der Waals surface area contributed by atoms with E-state index in [0.717, 1.165) is 12.0 Å². The van der Waals surface area contributed by atoms with E-state index in [9.17, 15) is 4.79 Å². The third-order valence-electron chi connectivity index (χ3n) is 3.88. The van der Waals surface area contributed by atoms with Crippen LogP contribution in [-0.4, -0.2) is 17.4 Å². The molecule has 1 aromatic heterocycles. The Morgan fingerprint density at radius 1 is 1.10 bits per heavy atom. The number of amides is 1. The van der Waals surface area contributed by atoms with Gasteiger partial charge in [0.05, 0.1) is 0 Å². The summed E-state index contributed by atoms with van der Waals surface area (Å²) in [7, 11) is 0. The number of benzene rings is 2. The molecule has 0 saturated carbocycles. The molecule has 3 aromatic rings. The Morgan fingerprint density at radius 2 is 1.67 bits per heavy atom. The molecule has 1 atom stereocenters. The van der Waals surface area contributed by atoms with E-state index in [4.69, 9.17) is 9.26 Å². The van der Waals surface area contributed by atoms with Crippen molar-refractivity contribution in [1.82, 2.24) is 5.16 Å². The number of carbonyl (C=O) groups excluding carboxylic acids is 1. The Morgan fingerprint density at radius 3 is 2.23 bits per heavy atom. The molecule has 0 fully saturated rings. The third-order valence-corrected chi connectivity index (χ3v) is 3.88. The average Bonchev–Trinajstić information content (AvgIpc) is 3.04. The van der Waals surface area contributed by atoms with Crippen LogP contribution in [0.5, 0.6) is 0 Å². The van der Waals surface area contributed by atoms with Crippen molar-refractivity contribution in [3.05, 3.63) is 78.4 Å². The normalized spacial score (nSPS) is 10.8. The number of aryl methyl sites for hydroxylation is 1. The van der Waals surface area contributed by atoms with Gasteiger partial charge >= 0.3 is 6.09 Å². The zero-order valence-electron chi connectivity index (χ0n) is 18.1. The van der Waals surface area contributed by atoms with Gasteiger partial charge in [0, 0.05) is 38.3 Å². The van der Waals surface area contributed by atoms with Crippen LogP contribution in [-0.2, 0) is 43.9 Å². The summed E-state index contributed by atoms with van der Waals surface area (Å²) in [6, 6.07) is 18.3. The van der Waals surface area contributed by atoms with Crippen LogP contribution < -0.4 is 5.32 Å². The minimum atomic E-state index is -0.583. The quantitative estimate of drug-likeness (QED) is 0.426. The fraction of sp³-hybridized carbons (Fsp3) is 0.292. The second-order valence-corrected chi connectivity index (χ2v) is 6.87. The van der Waals surface area contributed by atoms with Crippen LogP contribution in [0.15, 0.2) is 59.1 Å². The first kappa shape index (κ1) is 26.1. The van der Waals surface area contributed by atoms with E-state index in [-0.39, 0.29) is 32.7 Å². The molecule has 1 radical (unpaired) electrons. The molecule has 1 amide bonds. The second-order valence-electron chi connectivity index (χ2n) is 6.87. The molecule has 0 saturated heterocycles. The number of hydrogen-bond donors (Lipinski definition) is 1. The molecule has 2 aromatic carbocycles. The van der Waals surface area contributed by atoms with Gasteiger partial charge in [0.2, 0.25) is 0 Å². The molecule has 157 valence electrons. The van der Waals surface area contributed by atoms with Crippen LogP contribution in [0.3, 0.4) is 0 Å². The topological polar surface area (TPSA) is 64.4 Å². The van der Waals surface area contributed by atoms with Gasteiger partial charge in [0.25, 0.3) is 0 Å². The van der Waals surface area contributed by atoms with E-state index in [1.54, 1.807) is 13.8 Å². The van der Waals surface area contributed by atoms with Crippen molar-refractivity contribution in [3.8, 4) is 11.3 Å². The number of ether oxygens (including phenoxy) is 1. The summed E-state index contributed by atoms with van der Waals surface area (Å²) in [5, 5.41) is 6.76. The molecule has 0 aliphatic rings. The Kier molecular flexibility index (Phi) is 11.6. The Balaban J connectivity index is 0.00000106. The van der Waals surface area contributed by atoms with Gasteiger partial charge < -0.3 is 16.2 Å². The number of nitrogens with zero attached hydrogens (tertiary/aromatic N) is 1. The third kappa shape index (κ3) is 8.04. The molecule has 5 nitrogen and oxygen atoms in total. The number of carbonyl (C=O) groups is 1. The molecule has 0 spiro atoms. The zero-order chi connectivity index (χ0) is 21.2. The summed E-state index contributed by atoms with van der Waals surface area (Å²) >= 11 is 0. The Labute approximate surface area is 204 Å². The molecular weight excluding hydrogens is 453 g/mol. The van der Waals surface area contributed by atoms with E-state index in [2.05, 4.69) is 43.4 Å². The molecule has 0 unspecified atom stereocenters. The number of nitrogens with one attached hydrogen (secondary N) is 1. The van der Waals surface area contributed by atoms with E-state index in [1.165, 1.54) is 17.5 Å². The first-order chi connectivity index (χ1) is 13.9. The minimum Gasteiger partial charge on any atom is -0.479 e. The van der Waals surface area contributed by atoms with E-state index in [0.29, 0.717) is 17.1 Å². The maximum atomic E-state index is 11.9. The molecule has 0 aliphatic carbocycles. The van der Waals surface area contributed by atoms with Gasteiger partial charge in [-0.15, -0.1) is 0 Å². The predicted molar refractivity (Wildman–Crippen MR) is 117 cm³/mol. The fourth-order valence-corrected chi connectivity index (χ4v) is 2.64. The summed E-state index contributed by atoms with van der Waals surface area (Å²) < 4.78 is 10.3. The smallest absolute Gasteiger partial charge is 0.409 e. The van der Waals surface area contributed by atoms with Gasteiger partial charge in [0.15, 0.2) is 5.76 Å². The van der Waals surface area contributed by atoms with Crippen molar-refractivity contribution in [2.45, 2.75) is 46.6 Å². The molecule has 30 heavy (non-hydrogen) atoms. The number of aromatic nitrogens is 1. The first-order valence-corrected chi connectivity index (χ1v) is 9.84. The minimum absolute atomic E-state index is 0. The molecule has 1 N–H and O–H groups in total. The van der Waals surface area contributed by atoms with Crippen LogP contribution in [0, 0.1) is 13.8 Å². The molecule has 3 rings (SSSR count). The largest absolute Gasteiger partial charge is 0.479 e. The maximum Gasteiger partial charge on any atom is 0.409 e. The predicted octanol–water partition coefficient (Wildman–Crippen LogP) is 6.43. The van der Waals surface area contributed by atoms with E-state index in [1.807, 2.05) is 42.5 Å². The summed E-state index contributed by atoms with van der Waals surface area (Å²) in [5.41, 5.74) is 4.38. The standard InChI is InChI=1S/C21H21N2O3.C3H8.Y/c1-14(2)25-21(24)22-19-15(3)26-23-20(19)18-11-9-17(10-12-18)13-16-7-5-4-6-8-16;1-3-2;/h4-12,14H,1,13H2,2-3H3,(H,22,24);3H2,1-2H3;/q-1;;/t14-;;/m1../s1. The van der Waals surface area contributed by atoms with Crippen LogP contribution >= 0.6 is 0 Å². The fourth-order valence-electron chi connectivity index (χ4n) is 2.64. The van der Waals surface area contributed by atoms with Crippen molar-refractivity contribution < 1.29 is 46.8 Å². The first-order valence-electron chi connectivity index (χ1n) is 9.84. The monoisotopic (exact) mass is 482 g/mol.